The normalized spacial score (nSPS) is 35.0. The molecule has 27 heavy (non-hydrogen) atoms. The first-order valence-electron chi connectivity index (χ1n) is 10.4. The van der Waals surface area contributed by atoms with Crippen LogP contribution in [0, 0.1) is 5.92 Å². The SMILES string of the molecule is N/N=C1\CC2(N3CCCC3)C[C@@H](c3ccccc3)C1[C@H](c1ccccc1)C2. The number of nitrogens with zero attached hydrogens (tertiary/aromatic N) is 2. The van der Waals surface area contributed by atoms with Gasteiger partial charge in [-0.05, 0) is 61.7 Å². The van der Waals surface area contributed by atoms with Gasteiger partial charge in [-0.3, -0.25) is 4.90 Å². The van der Waals surface area contributed by atoms with Gasteiger partial charge in [-0.2, -0.15) is 5.10 Å². The number of hydrogen-bond donors (Lipinski definition) is 1. The summed E-state index contributed by atoms with van der Waals surface area (Å²) < 4.78 is 0. The molecule has 2 bridgehead atoms. The molecule has 2 aromatic carbocycles. The highest BCUT2D eigenvalue weighted by Crippen LogP contribution is 2.59. The third-order valence-corrected chi connectivity index (χ3v) is 7.36. The van der Waals surface area contributed by atoms with Gasteiger partial charge in [0.2, 0.25) is 0 Å². The molecule has 0 spiro atoms. The number of nitrogens with two attached hydrogens (primary N) is 1. The standard InChI is InChI=1S/C24H29N3/c25-26-22-17-24(27-13-7-8-14-27)15-20(18-9-3-1-4-10-18)23(22)21(16-24)19-11-5-2-6-12-19/h1-6,9-12,20-21,23H,7-8,13-17,25H2/b26-22+/t20-,21-,23?,24?/m0/s1. The molecular formula is C24H29N3. The predicted molar refractivity (Wildman–Crippen MR) is 111 cm³/mol. The van der Waals surface area contributed by atoms with Crippen molar-refractivity contribution >= 4 is 5.71 Å². The van der Waals surface area contributed by atoms with Gasteiger partial charge >= 0.3 is 0 Å². The minimum atomic E-state index is 0.213. The molecule has 3 nitrogen and oxygen atoms in total. The highest BCUT2D eigenvalue weighted by atomic mass is 15.2. The zero-order valence-electron chi connectivity index (χ0n) is 15.9. The van der Waals surface area contributed by atoms with Crippen molar-refractivity contribution in [2.75, 3.05) is 13.1 Å². The number of likely N-dealkylation sites (tertiary alicyclic amines) is 1. The van der Waals surface area contributed by atoms with E-state index in [1.165, 1.54) is 55.6 Å². The Balaban J connectivity index is 1.63. The molecule has 3 aliphatic carbocycles. The van der Waals surface area contributed by atoms with E-state index in [9.17, 15) is 0 Å². The van der Waals surface area contributed by atoms with Gasteiger partial charge in [0.1, 0.15) is 0 Å². The summed E-state index contributed by atoms with van der Waals surface area (Å²) in [7, 11) is 0. The minimum Gasteiger partial charge on any atom is -0.323 e. The van der Waals surface area contributed by atoms with Crippen LogP contribution < -0.4 is 5.84 Å². The second-order valence-electron chi connectivity index (χ2n) is 8.68. The zero-order valence-corrected chi connectivity index (χ0v) is 15.9. The molecule has 6 rings (SSSR count). The molecule has 2 atom stereocenters. The van der Waals surface area contributed by atoms with E-state index in [0.29, 0.717) is 17.8 Å². The van der Waals surface area contributed by atoms with Crippen LogP contribution in [0.2, 0.25) is 0 Å². The Bertz CT molecular complexity index is 759. The molecule has 0 amide bonds. The molecule has 2 aromatic rings. The largest absolute Gasteiger partial charge is 0.323 e. The molecular weight excluding hydrogens is 330 g/mol. The van der Waals surface area contributed by atoms with Gasteiger partial charge in [0.25, 0.3) is 0 Å². The number of hydrogen-bond acceptors (Lipinski definition) is 3. The van der Waals surface area contributed by atoms with Crippen molar-refractivity contribution in [3.8, 4) is 0 Å². The average molecular weight is 360 g/mol. The summed E-state index contributed by atoms with van der Waals surface area (Å²) in [6.45, 7) is 2.46. The maximum absolute atomic E-state index is 6.00. The van der Waals surface area contributed by atoms with Crippen LogP contribution in [0.4, 0.5) is 0 Å². The van der Waals surface area contributed by atoms with Crippen molar-refractivity contribution < 1.29 is 0 Å². The molecule has 1 aliphatic heterocycles. The molecule has 140 valence electrons. The molecule has 1 saturated heterocycles. The molecule has 4 aliphatic rings. The lowest BCUT2D eigenvalue weighted by Gasteiger charge is -2.58. The van der Waals surface area contributed by atoms with Gasteiger partial charge in [-0.1, -0.05) is 60.7 Å². The third kappa shape index (κ3) is 2.80. The topological polar surface area (TPSA) is 41.6 Å². The Kier molecular flexibility index (Phi) is 4.28. The Morgan fingerprint density at radius 1 is 0.815 bits per heavy atom. The Morgan fingerprint density at radius 3 is 1.81 bits per heavy atom. The first-order valence-corrected chi connectivity index (χ1v) is 10.4. The monoisotopic (exact) mass is 359 g/mol. The van der Waals surface area contributed by atoms with E-state index in [1.54, 1.807) is 0 Å². The van der Waals surface area contributed by atoms with E-state index in [0.717, 1.165) is 6.42 Å². The van der Waals surface area contributed by atoms with E-state index in [2.05, 4.69) is 70.7 Å². The van der Waals surface area contributed by atoms with Crippen molar-refractivity contribution in [2.24, 2.45) is 16.9 Å². The van der Waals surface area contributed by atoms with Gasteiger partial charge in [-0.25, -0.2) is 0 Å². The van der Waals surface area contributed by atoms with Crippen LogP contribution in [0.1, 0.15) is 55.1 Å². The average Bonchev–Trinajstić information content (AvgIpc) is 3.30. The first kappa shape index (κ1) is 17.0. The maximum Gasteiger partial charge on any atom is 0.0437 e. The summed E-state index contributed by atoms with van der Waals surface area (Å²) in [4.78, 5) is 2.78. The Hall–Kier alpha value is -2.13. The van der Waals surface area contributed by atoms with E-state index < -0.39 is 0 Å². The number of hydrazone groups is 1. The summed E-state index contributed by atoms with van der Waals surface area (Å²) >= 11 is 0. The molecule has 3 saturated carbocycles. The molecule has 2 N–H and O–H groups in total. The summed E-state index contributed by atoms with van der Waals surface area (Å²) in [6.07, 6.45) is 6.19. The van der Waals surface area contributed by atoms with Crippen molar-refractivity contribution in [2.45, 2.75) is 49.5 Å². The van der Waals surface area contributed by atoms with Crippen LogP contribution in [-0.2, 0) is 0 Å². The van der Waals surface area contributed by atoms with Crippen LogP contribution in [0.3, 0.4) is 0 Å². The second kappa shape index (κ2) is 6.79. The molecule has 0 unspecified atom stereocenters. The van der Waals surface area contributed by atoms with Crippen LogP contribution in [0.15, 0.2) is 65.8 Å². The van der Waals surface area contributed by atoms with Crippen LogP contribution in [0.5, 0.6) is 0 Å². The fraction of sp³-hybridized carbons (Fsp3) is 0.458. The van der Waals surface area contributed by atoms with Crippen molar-refractivity contribution in [1.82, 2.24) is 4.90 Å². The Morgan fingerprint density at radius 2 is 1.33 bits per heavy atom. The van der Waals surface area contributed by atoms with Gasteiger partial charge in [0.15, 0.2) is 0 Å². The Labute approximate surface area is 162 Å². The number of fused-ring (bicyclic) bond motifs is 3. The fourth-order valence-electron chi connectivity index (χ4n) is 6.24. The lowest BCUT2D eigenvalue weighted by Crippen LogP contribution is -2.60. The molecule has 4 fully saturated rings. The van der Waals surface area contributed by atoms with Crippen molar-refractivity contribution in [3.05, 3.63) is 71.8 Å². The predicted octanol–water partition coefficient (Wildman–Crippen LogP) is 4.52. The lowest BCUT2D eigenvalue weighted by atomic mass is 9.52. The van der Waals surface area contributed by atoms with Gasteiger partial charge < -0.3 is 5.84 Å². The van der Waals surface area contributed by atoms with Gasteiger partial charge in [0.05, 0.1) is 0 Å². The summed E-state index contributed by atoms with van der Waals surface area (Å²) in [5, 5.41) is 4.39. The van der Waals surface area contributed by atoms with Gasteiger partial charge in [-0.15, -0.1) is 0 Å². The van der Waals surface area contributed by atoms with E-state index in [1.807, 2.05) is 0 Å². The molecule has 0 aromatic heterocycles. The third-order valence-electron chi connectivity index (χ3n) is 7.36. The zero-order chi connectivity index (χ0) is 18.3. The fourth-order valence-corrected chi connectivity index (χ4v) is 6.24. The summed E-state index contributed by atoms with van der Waals surface area (Å²) in [5.74, 6) is 7.42. The second-order valence-corrected chi connectivity index (χ2v) is 8.68. The minimum absolute atomic E-state index is 0.213. The highest BCUT2D eigenvalue weighted by Gasteiger charge is 2.56. The summed E-state index contributed by atoms with van der Waals surface area (Å²) in [6, 6.07) is 22.2. The van der Waals surface area contributed by atoms with Crippen LogP contribution in [-0.4, -0.2) is 29.2 Å². The van der Waals surface area contributed by atoms with Gasteiger partial charge in [0, 0.05) is 23.6 Å². The molecule has 3 heteroatoms. The van der Waals surface area contributed by atoms with E-state index >= 15 is 0 Å². The smallest absolute Gasteiger partial charge is 0.0437 e. The first-order chi connectivity index (χ1) is 13.3. The van der Waals surface area contributed by atoms with Crippen molar-refractivity contribution in [1.29, 1.82) is 0 Å². The van der Waals surface area contributed by atoms with Crippen LogP contribution >= 0.6 is 0 Å². The van der Waals surface area contributed by atoms with E-state index in [4.69, 9.17) is 5.84 Å². The quantitative estimate of drug-likeness (QED) is 0.647. The maximum atomic E-state index is 6.00. The van der Waals surface area contributed by atoms with Crippen LogP contribution in [0.25, 0.3) is 0 Å². The number of rotatable bonds is 3. The molecule has 1 heterocycles. The molecule has 0 radical (unpaired) electrons. The summed E-state index contributed by atoms with van der Waals surface area (Å²) in [5.41, 5.74) is 4.35. The lowest BCUT2D eigenvalue weighted by molar-refractivity contribution is 0.0286. The van der Waals surface area contributed by atoms with Crippen molar-refractivity contribution in [3.63, 3.8) is 0 Å². The highest BCUT2D eigenvalue weighted by molar-refractivity contribution is 5.91. The number of benzene rings is 2. The van der Waals surface area contributed by atoms with E-state index in [-0.39, 0.29) is 5.54 Å².